The van der Waals surface area contributed by atoms with Crippen molar-refractivity contribution in [1.82, 2.24) is 24.9 Å². The molecule has 0 unspecified atom stereocenters. The number of imidazole rings is 1. The van der Waals surface area contributed by atoms with Crippen molar-refractivity contribution in [3.63, 3.8) is 0 Å². The number of likely N-dealkylation sites (tertiary alicyclic amines) is 1. The summed E-state index contributed by atoms with van der Waals surface area (Å²) in [6, 6.07) is 5.49. The number of carbonyl (C=O) groups is 3. The molecule has 4 aliphatic carbocycles. The van der Waals surface area contributed by atoms with E-state index in [1.54, 1.807) is 10.6 Å². The van der Waals surface area contributed by atoms with Gasteiger partial charge in [0.05, 0.1) is 0 Å². The summed E-state index contributed by atoms with van der Waals surface area (Å²) < 4.78 is 1.76. The van der Waals surface area contributed by atoms with Crippen LogP contribution >= 0.6 is 0 Å². The Hall–Kier alpha value is -2.90. The third kappa shape index (κ3) is 3.71. The Kier molecular flexibility index (Phi) is 4.99. The molecule has 0 radical (unpaired) electrons. The molecule has 3 amide bonds. The lowest BCUT2D eigenvalue weighted by Crippen LogP contribution is -2.51. The first-order valence-electron chi connectivity index (χ1n) is 13.7. The summed E-state index contributed by atoms with van der Waals surface area (Å²) in [6.45, 7) is 2.71. The number of amides is 3. The van der Waals surface area contributed by atoms with E-state index in [4.69, 9.17) is 0 Å². The number of fused-ring (bicyclic) bond motifs is 1. The largest absolute Gasteiger partial charge is 0.356 e. The topological polar surface area (TPSA) is 95.8 Å². The first kappa shape index (κ1) is 22.3. The molecule has 8 rings (SSSR count). The molecule has 6 fully saturated rings. The zero-order chi connectivity index (χ0) is 24.5. The van der Waals surface area contributed by atoms with Crippen molar-refractivity contribution < 1.29 is 14.4 Å². The van der Waals surface area contributed by atoms with Crippen LogP contribution in [-0.2, 0) is 4.79 Å². The Morgan fingerprint density at radius 3 is 2.39 bits per heavy atom. The monoisotopic (exact) mass is 489 g/mol. The predicted molar refractivity (Wildman–Crippen MR) is 133 cm³/mol. The van der Waals surface area contributed by atoms with Crippen LogP contribution in [0.25, 0.3) is 5.65 Å². The number of nitrogens with one attached hydrogen (secondary N) is 2. The second-order valence-electron chi connectivity index (χ2n) is 12.6. The standard InChI is InChI=1S/C28H35N5O3/c34-24-14-27(16-29-24)4-6-32(7-5-27)26(36)21-15-33-22(2-1-3-23(33)31-21)25(35)30-17-28-11-18-8-19(12-28)10-20(9-18)13-28/h1-3,15,18-20H,4-14,16-17H2,(H,29,34)(H,30,35). The molecule has 4 saturated carbocycles. The van der Waals surface area contributed by atoms with Gasteiger partial charge in [0.15, 0.2) is 0 Å². The van der Waals surface area contributed by atoms with Crippen molar-refractivity contribution >= 4 is 23.4 Å². The number of carbonyl (C=O) groups excluding carboxylic acids is 3. The van der Waals surface area contributed by atoms with Crippen molar-refractivity contribution in [2.24, 2.45) is 28.6 Å². The van der Waals surface area contributed by atoms with Gasteiger partial charge in [-0.3, -0.25) is 18.8 Å². The fourth-order valence-electron chi connectivity index (χ4n) is 8.62. The normalized spacial score (nSPS) is 32.3. The molecule has 2 aliphatic heterocycles. The summed E-state index contributed by atoms with van der Waals surface area (Å²) in [5, 5.41) is 6.21. The van der Waals surface area contributed by atoms with Gasteiger partial charge in [-0.2, -0.15) is 0 Å². The van der Waals surface area contributed by atoms with Gasteiger partial charge < -0.3 is 15.5 Å². The van der Waals surface area contributed by atoms with Gasteiger partial charge in [0.25, 0.3) is 11.8 Å². The maximum Gasteiger partial charge on any atom is 0.274 e. The number of rotatable bonds is 4. The number of piperidine rings is 1. The Bertz CT molecular complexity index is 1210. The van der Waals surface area contributed by atoms with Gasteiger partial charge >= 0.3 is 0 Å². The first-order chi connectivity index (χ1) is 17.4. The van der Waals surface area contributed by atoms with Crippen LogP contribution in [0.15, 0.2) is 24.4 Å². The van der Waals surface area contributed by atoms with Crippen LogP contribution in [0.3, 0.4) is 0 Å². The number of hydrogen-bond acceptors (Lipinski definition) is 4. The second kappa shape index (κ2) is 8.05. The van der Waals surface area contributed by atoms with Gasteiger partial charge in [0, 0.05) is 38.8 Å². The quantitative estimate of drug-likeness (QED) is 0.690. The maximum absolute atomic E-state index is 13.3. The molecule has 8 heteroatoms. The van der Waals surface area contributed by atoms with Crippen LogP contribution in [0.2, 0.25) is 0 Å². The molecule has 6 aliphatic rings. The summed E-state index contributed by atoms with van der Waals surface area (Å²) in [6.07, 6.45) is 11.9. The Balaban J connectivity index is 1.05. The number of nitrogens with zero attached hydrogens (tertiary/aromatic N) is 3. The molecule has 2 aromatic rings. The van der Waals surface area contributed by atoms with Crippen LogP contribution in [-0.4, -0.2) is 58.2 Å². The van der Waals surface area contributed by atoms with E-state index in [-0.39, 0.29) is 28.6 Å². The third-order valence-corrected chi connectivity index (χ3v) is 10.0. The van der Waals surface area contributed by atoms with E-state index in [0.717, 1.165) is 37.1 Å². The van der Waals surface area contributed by atoms with Gasteiger partial charge in [0.2, 0.25) is 5.91 Å². The number of aromatic nitrogens is 2. The van der Waals surface area contributed by atoms with Crippen LogP contribution in [0.5, 0.6) is 0 Å². The van der Waals surface area contributed by atoms with Crippen molar-refractivity contribution in [2.75, 3.05) is 26.2 Å². The van der Waals surface area contributed by atoms with Crippen LogP contribution < -0.4 is 10.6 Å². The smallest absolute Gasteiger partial charge is 0.274 e. The zero-order valence-electron chi connectivity index (χ0n) is 20.8. The lowest BCUT2D eigenvalue weighted by Gasteiger charge is -2.56. The van der Waals surface area contributed by atoms with E-state index < -0.39 is 0 Å². The Morgan fingerprint density at radius 2 is 1.75 bits per heavy atom. The highest BCUT2D eigenvalue weighted by molar-refractivity contribution is 5.95. The third-order valence-electron chi connectivity index (χ3n) is 10.0. The SMILES string of the molecule is O=C1CC2(CCN(C(=O)c3cn4c(C(=O)NCC56CC7CC(CC(C7)C5)C6)cccc4n3)CC2)CN1. The molecular formula is C28H35N5O3. The van der Waals surface area contributed by atoms with Gasteiger partial charge in [-0.1, -0.05) is 6.07 Å². The highest BCUT2D eigenvalue weighted by Gasteiger charge is 2.50. The van der Waals surface area contributed by atoms with E-state index in [1.807, 2.05) is 23.1 Å². The first-order valence-corrected chi connectivity index (χ1v) is 13.7. The fraction of sp³-hybridized carbons (Fsp3) is 0.643. The van der Waals surface area contributed by atoms with Gasteiger partial charge in [-0.15, -0.1) is 0 Å². The Labute approximate surface area is 211 Å². The van der Waals surface area contributed by atoms with Crippen molar-refractivity contribution in [3.8, 4) is 0 Å². The molecule has 8 nitrogen and oxygen atoms in total. The zero-order valence-corrected chi connectivity index (χ0v) is 20.8. The summed E-state index contributed by atoms with van der Waals surface area (Å²) in [7, 11) is 0. The molecule has 190 valence electrons. The van der Waals surface area contributed by atoms with E-state index in [1.165, 1.54) is 38.5 Å². The molecule has 4 heterocycles. The van der Waals surface area contributed by atoms with Gasteiger partial charge in [0.1, 0.15) is 17.0 Å². The maximum atomic E-state index is 13.3. The van der Waals surface area contributed by atoms with Gasteiger partial charge in [-0.05, 0) is 92.1 Å². The molecule has 36 heavy (non-hydrogen) atoms. The molecule has 2 aromatic heterocycles. The highest BCUT2D eigenvalue weighted by Crippen LogP contribution is 2.59. The van der Waals surface area contributed by atoms with Crippen molar-refractivity contribution in [3.05, 3.63) is 35.8 Å². The van der Waals surface area contributed by atoms with Crippen LogP contribution in [0, 0.1) is 28.6 Å². The summed E-state index contributed by atoms with van der Waals surface area (Å²) in [5.74, 6) is 2.48. The second-order valence-corrected chi connectivity index (χ2v) is 12.6. The molecule has 1 spiro atoms. The van der Waals surface area contributed by atoms with E-state index in [0.29, 0.717) is 43.1 Å². The minimum atomic E-state index is -0.106. The average Bonchev–Trinajstić information content (AvgIpc) is 3.45. The number of hydrogen-bond donors (Lipinski definition) is 2. The van der Waals surface area contributed by atoms with E-state index in [9.17, 15) is 14.4 Å². The minimum Gasteiger partial charge on any atom is -0.356 e. The predicted octanol–water partition coefficient (Wildman–Crippen LogP) is 3.02. The molecular weight excluding hydrogens is 454 g/mol. The molecule has 2 N–H and O–H groups in total. The summed E-state index contributed by atoms with van der Waals surface area (Å²) in [5.41, 5.74) is 1.78. The fourth-order valence-corrected chi connectivity index (χ4v) is 8.62. The lowest BCUT2D eigenvalue weighted by molar-refractivity contribution is -0.119. The number of pyridine rings is 1. The van der Waals surface area contributed by atoms with Crippen molar-refractivity contribution in [2.45, 2.75) is 57.8 Å². The summed E-state index contributed by atoms with van der Waals surface area (Å²) >= 11 is 0. The molecule has 4 bridgehead atoms. The molecule has 2 saturated heterocycles. The molecule has 0 atom stereocenters. The van der Waals surface area contributed by atoms with Crippen LogP contribution in [0.4, 0.5) is 0 Å². The van der Waals surface area contributed by atoms with Crippen LogP contribution in [0.1, 0.15) is 78.8 Å². The van der Waals surface area contributed by atoms with Gasteiger partial charge in [-0.25, -0.2) is 4.98 Å². The lowest BCUT2D eigenvalue weighted by atomic mass is 9.49. The minimum absolute atomic E-state index is 0.00523. The molecule has 0 aromatic carbocycles. The van der Waals surface area contributed by atoms with E-state index >= 15 is 0 Å². The highest BCUT2D eigenvalue weighted by atomic mass is 16.2. The average molecular weight is 490 g/mol. The summed E-state index contributed by atoms with van der Waals surface area (Å²) in [4.78, 5) is 44.7. The van der Waals surface area contributed by atoms with E-state index in [2.05, 4.69) is 15.6 Å². The Morgan fingerprint density at radius 1 is 1.06 bits per heavy atom. The van der Waals surface area contributed by atoms with Crippen molar-refractivity contribution in [1.29, 1.82) is 0 Å².